The summed E-state index contributed by atoms with van der Waals surface area (Å²) in [5.74, 6) is 0.464. The first kappa shape index (κ1) is 14.4. The molecule has 0 saturated heterocycles. The molecule has 1 rings (SSSR count). The highest BCUT2D eigenvalue weighted by atomic mass is 35.6. The van der Waals surface area contributed by atoms with Crippen LogP contribution in [0.2, 0.25) is 0 Å². The van der Waals surface area contributed by atoms with E-state index in [9.17, 15) is 5.11 Å². The number of aliphatic hydroxyl groups is 1. The van der Waals surface area contributed by atoms with E-state index in [2.05, 4.69) is 13.0 Å². The molecule has 4 heteroatoms. The van der Waals surface area contributed by atoms with Gasteiger partial charge < -0.3 is 5.11 Å². The Balaban J connectivity index is 2.64. The fourth-order valence-corrected chi connectivity index (χ4v) is 2.05. The summed E-state index contributed by atoms with van der Waals surface area (Å²) in [5, 5.41) is 9.65. The van der Waals surface area contributed by atoms with Gasteiger partial charge in [-0.1, -0.05) is 58.1 Å². The molecule has 92 valence electrons. The van der Waals surface area contributed by atoms with Crippen LogP contribution in [0.1, 0.15) is 33.1 Å². The third-order valence-electron chi connectivity index (χ3n) is 3.04. The first-order valence-electron chi connectivity index (χ1n) is 5.39. The molecule has 16 heavy (non-hydrogen) atoms. The molecule has 0 heterocycles. The quantitative estimate of drug-likeness (QED) is 0.588. The lowest BCUT2D eigenvalue weighted by Crippen LogP contribution is -2.23. The molecule has 1 aliphatic rings. The smallest absolute Gasteiger partial charge is 0.219 e. The number of aliphatic hydroxyl groups excluding tert-OH is 1. The standard InChI is InChI=1S/C12H17Cl3O/c1-8-3-5-10(6-4-8)9(2)7-11(16)12(13,14)15/h3,7,10-11,16H,4-6H2,1-2H3/b9-7-. The molecule has 0 saturated carbocycles. The van der Waals surface area contributed by atoms with Crippen LogP contribution in [0.5, 0.6) is 0 Å². The Kier molecular flexibility index (Phi) is 5.18. The number of alkyl halides is 3. The lowest BCUT2D eigenvalue weighted by atomic mass is 9.85. The summed E-state index contributed by atoms with van der Waals surface area (Å²) >= 11 is 16.8. The van der Waals surface area contributed by atoms with Crippen LogP contribution < -0.4 is 0 Å². The minimum Gasteiger partial charge on any atom is -0.385 e. The SMILES string of the molecule is CC1=CCC(/C(C)=C\C(O)C(Cl)(Cl)Cl)CC1. The van der Waals surface area contributed by atoms with Crippen molar-refractivity contribution >= 4 is 34.8 Å². The van der Waals surface area contributed by atoms with E-state index in [-0.39, 0.29) is 0 Å². The Morgan fingerprint density at radius 2 is 2.19 bits per heavy atom. The highest BCUT2D eigenvalue weighted by molar-refractivity contribution is 6.68. The molecule has 0 amide bonds. The van der Waals surface area contributed by atoms with Gasteiger partial charge in [-0.15, -0.1) is 0 Å². The van der Waals surface area contributed by atoms with Crippen molar-refractivity contribution in [3.05, 3.63) is 23.3 Å². The molecule has 0 fully saturated rings. The number of hydrogen-bond acceptors (Lipinski definition) is 1. The van der Waals surface area contributed by atoms with Crippen molar-refractivity contribution in [1.82, 2.24) is 0 Å². The summed E-state index contributed by atoms with van der Waals surface area (Å²) in [6.45, 7) is 4.13. The molecule has 0 radical (unpaired) electrons. The van der Waals surface area contributed by atoms with Crippen molar-refractivity contribution in [3.8, 4) is 0 Å². The van der Waals surface area contributed by atoms with E-state index in [1.807, 2.05) is 6.92 Å². The van der Waals surface area contributed by atoms with Crippen LogP contribution in [0.15, 0.2) is 23.3 Å². The lowest BCUT2D eigenvalue weighted by molar-refractivity contribution is 0.225. The van der Waals surface area contributed by atoms with Crippen molar-refractivity contribution < 1.29 is 5.11 Å². The number of halogens is 3. The molecule has 1 N–H and O–H groups in total. The second-order valence-corrected chi connectivity index (χ2v) is 6.79. The van der Waals surface area contributed by atoms with Gasteiger partial charge in [-0.3, -0.25) is 0 Å². The third kappa shape index (κ3) is 4.29. The Hall–Kier alpha value is 0.310. The van der Waals surface area contributed by atoms with E-state index in [1.54, 1.807) is 6.08 Å². The minimum atomic E-state index is -1.64. The number of allylic oxidation sites excluding steroid dienone is 3. The first-order valence-corrected chi connectivity index (χ1v) is 6.53. The minimum absolute atomic E-state index is 0.464. The van der Waals surface area contributed by atoms with Crippen LogP contribution in [0, 0.1) is 5.92 Å². The first-order chi connectivity index (χ1) is 7.30. The van der Waals surface area contributed by atoms with Gasteiger partial charge in [-0.05, 0) is 39.0 Å². The number of rotatable bonds is 2. The van der Waals surface area contributed by atoms with Crippen LogP contribution in [0.3, 0.4) is 0 Å². The Bertz CT molecular complexity index is 302. The molecule has 0 bridgehead atoms. The predicted octanol–water partition coefficient (Wildman–Crippen LogP) is 4.41. The maximum absolute atomic E-state index is 9.65. The summed E-state index contributed by atoms with van der Waals surface area (Å²) in [6.07, 6.45) is 6.10. The molecular weight excluding hydrogens is 266 g/mol. The second kappa shape index (κ2) is 5.77. The highest BCUT2D eigenvalue weighted by Gasteiger charge is 2.29. The average Bonchev–Trinajstić information content (AvgIpc) is 2.17. The van der Waals surface area contributed by atoms with Gasteiger partial charge in [0.05, 0.1) is 0 Å². The van der Waals surface area contributed by atoms with Gasteiger partial charge in [-0.25, -0.2) is 0 Å². The summed E-state index contributed by atoms with van der Waals surface area (Å²) in [5.41, 5.74) is 2.54. The summed E-state index contributed by atoms with van der Waals surface area (Å²) < 4.78 is -1.64. The topological polar surface area (TPSA) is 20.2 Å². The third-order valence-corrected chi connectivity index (χ3v) is 3.71. The summed E-state index contributed by atoms with van der Waals surface area (Å²) in [7, 11) is 0. The summed E-state index contributed by atoms with van der Waals surface area (Å²) in [4.78, 5) is 0. The molecule has 0 spiro atoms. The van der Waals surface area contributed by atoms with Gasteiger partial charge in [0.25, 0.3) is 0 Å². The normalized spacial score (nSPS) is 25.2. The molecule has 1 nitrogen and oxygen atoms in total. The average molecular weight is 284 g/mol. The van der Waals surface area contributed by atoms with Crippen molar-refractivity contribution in [2.45, 2.75) is 43.0 Å². The van der Waals surface area contributed by atoms with Crippen LogP contribution in [0.4, 0.5) is 0 Å². The van der Waals surface area contributed by atoms with Crippen molar-refractivity contribution in [1.29, 1.82) is 0 Å². The maximum Gasteiger partial charge on any atom is 0.219 e. The molecule has 2 unspecified atom stereocenters. The van der Waals surface area contributed by atoms with E-state index < -0.39 is 9.90 Å². The van der Waals surface area contributed by atoms with Crippen LogP contribution >= 0.6 is 34.8 Å². The van der Waals surface area contributed by atoms with Gasteiger partial charge in [0.1, 0.15) is 6.10 Å². The van der Waals surface area contributed by atoms with E-state index in [1.165, 1.54) is 5.57 Å². The van der Waals surface area contributed by atoms with Crippen LogP contribution in [-0.2, 0) is 0 Å². The van der Waals surface area contributed by atoms with Crippen molar-refractivity contribution in [2.75, 3.05) is 0 Å². The molecule has 0 aromatic heterocycles. The second-order valence-electron chi connectivity index (χ2n) is 4.42. The zero-order valence-corrected chi connectivity index (χ0v) is 11.8. The Morgan fingerprint density at radius 1 is 1.56 bits per heavy atom. The van der Waals surface area contributed by atoms with E-state index in [0.29, 0.717) is 5.92 Å². The Labute approximate surface area is 112 Å². The van der Waals surface area contributed by atoms with Gasteiger partial charge in [0.15, 0.2) is 0 Å². The van der Waals surface area contributed by atoms with Gasteiger partial charge in [0.2, 0.25) is 3.79 Å². The largest absolute Gasteiger partial charge is 0.385 e. The van der Waals surface area contributed by atoms with E-state index in [4.69, 9.17) is 34.8 Å². The highest BCUT2D eigenvalue weighted by Crippen LogP contribution is 2.34. The van der Waals surface area contributed by atoms with Crippen molar-refractivity contribution in [3.63, 3.8) is 0 Å². The molecule has 0 aromatic carbocycles. The molecule has 1 aliphatic carbocycles. The fraction of sp³-hybridized carbons (Fsp3) is 0.667. The van der Waals surface area contributed by atoms with Gasteiger partial charge >= 0.3 is 0 Å². The molecular formula is C12H17Cl3O. The predicted molar refractivity (Wildman–Crippen MR) is 71.2 cm³/mol. The molecule has 0 aromatic rings. The van der Waals surface area contributed by atoms with E-state index in [0.717, 1.165) is 24.8 Å². The van der Waals surface area contributed by atoms with Crippen LogP contribution in [0.25, 0.3) is 0 Å². The monoisotopic (exact) mass is 282 g/mol. The zero-order chi connectivity index (χ0) is 12.3. The summed E-state index contributed by atoms with van der Waals surface area (Å²) in [6, 6.07) is 0. The van der Waals surface area contributed by atoms with Crippen LogP contribution in [-0.4, -0.2) is 15.0 Å². The Morgan fingerprint density at radius 3 is 2.62 bits per heavy atom. The van der Waals surface area contributed by atoms with Crippen molar-refractivity contribution in [2.24, 2.45) is 5.92 Å². The van der Waals surface area contributed by atoms with Gasteiger partial charge in [0, 0.05) is 0 Å². The molecule has 2 atom stereocenters. The fourth-order valence-electron chi connectivity index (χ4n) is 1.86. The maximum atomic E-state index is 9.65. The lowest BCUT2D eigenvalue weighted by Gasteiger charge is -2.23. The van der Waals surface area contributed by atoms with E-state index >= 15 is 0 Å². The number of hydrogen-bond donors (Lipinski definition) is 1. The van der Waals surface area contributed by atoms with Gasteiger partial charge in [-0.2, -0.15) is 0 Å². The zero-order valence-electron chi connectivity index (χ0n) is 9.51. The molecule has 0 aliphatic heterocycles.